The monoisotopic (exact) mass is 225 g/mol. The average Bonchev–Trinajstić information content (AvgIpc) is 2.27. The number of nitrogens with zero attached hydrogens (tertiary/aromatic N) is 1. The van der Waals surface area contributed by atoms with Crippen LogP contribution in [0.4, 0.5) is 0 Å². The zero-order chi connectivity index (χ0) is 11.1. The Morgan fingerprint density at radius 3 is 2.93 bits per heavy atom. The predicted octanol–water partition coefficient (Wildman–Crippen LogP) is 2.52. The lowest BCUT2D eigenvalue weighted by Crippen LogP contribution is -2.15. The Morgan fingerprint density at radius 1 is 1.53 bits per heavy atom. The van der Waals surface area contributed by atoms with Crippen molar-refractivity contribution in [3.63, 3.8) is 0 Å². The minimum absolute atomic E-state index is 0.256. The first-order chi connectivity index (χ1) is 7.22. The highest BCUT2D eigenvalue weighted by Gasteiger charge is 2.08. The van der Waals surface area contributed by atoms with E-state index in [4.69, 9.17) is 0 Å². The van der Waals surface area contributed by atoms with Crippen LogP contribution >= 0.6 is 11.8 Å². The fourth-order valence-electron chi connectivity index (χ4n) is 1.24. The summed E-state index contributed by atoms with van der Waals surface area (Å²) in [6.45, 7) is 4.37. The number of aromatic nitrogens is 1. The molecule has 3 heteroatoms. The molecular weight excluding hydrogens is 206 g/mol. The van der Waals surface area contributed by atoms with Gasteiger partial charge in [0.15, 0.2) is 0 Å². The molecule has 0 spiro atoms. The zero-order valence-corrected chi connectivity index (χ0v) is 10.2. The van der Waals surface area contributed by atoms with Gasteiger partial charge in [-0.25, -0.2) is 0 Å². The maximum atomic E-state index is 9.80. The van der Waals surface area contributed by atoms with Crippen LogP contribution in [-0.4, -0.2) is 27.2 Å². The molecule has 0 aromatic carbocycles. The minimum Gasteiger partial charge on any atom is -0.392 e. The van der Waals surface area contributed by atoms with E-state index in [-0.39, 0.29) is 6.10 Å². The van der Waals surface area contributed by atoms with Crippen molar-refractivity contribution in [2.45, 2.75) is 38.0 Å². The molecule has 15 heavy (non-hydrogen) atoms. The molecule has 0 saturated heterocycles. The van der Waals surface area contributed by atoms with Gasteiger partial charge in [-0.2, -0.15) is 11.8 Å². The van der Waals surface area contributed by atoms with Crippen LogP contribution in [0.5, 0.6) is 0 Å². The molecule has 2 nitrogen and oxygen atoms in total. The Bertz CT molecular complexity index is 266. The van der Waals surface area contributed by atoms with Crippen LogP contribution in [0.15, 0.2) is 24.5 Å². The number of aliphatic hydroxyl groups excluding tert-OH is 1. The Labute approximate surface area is 96.1 Å². The molecular formula is C12H19NOS. The summed E-state index contributed by atoms with van der Waals surface area (Å²) in [6, 6.07) is 3.91. The van der Waals surface area contributed by atoms with Crippen LogP contribution in [0.2, 0.25) is 0 Å². The summed E-state index contributed by atoms with van der Waals surface area (Å²) >= 11 is 1.83. The van der Waals surface area contributed by atoms with Crippen molar-refractivity contribution < 1.29 is 5.11 Å². The van der Waals surface area contributed by atoms with Gasteiger partial charge >= 0.3 is 0 Å². The first-order valence-electron chi connectivity index (χ1n) is 5.41. The first kappa shape index (κ1) is 12.5. The topological polar surface area (TPSA) is 33.1 Å². The van der Waals surface area contributed by atoms with Gasteiger partial charge in [0.1, 0.15) is 0 Å². The van der Waals surface area contributed by atoms with Crippen molar-refractivity contribution in [1.82, 2.24) is 4.98 Å². The fraction of sp³-hybridized carbons (Fsp3) is 0.583. The van der Waals surface area contributed by atoms with E-state index in [1.165, 1.54) is 0 Å². The molecule has 0 aliphatic heterocycles. The third-order valence-electron chi connectivity index (χ3n) is 2.34. The Kier molecular flexibility index (Phi) is 5.73. The van der Waals surface area contributed by atoms with Crippen LogP contribution in [0.3, 0.4) is 0 Å². The largest absolute Gasteiger partial charge is 0.392 e. The Morgan fingerprint density at radius 2 is 2.33 bits per heavy atom. The van der Waals surface area contributed by atoms with E-state index < -0.39 is 0 Å². The van der Waals surface area contributed by atoms with Crippen LogP contribution in [0.25, 0.3) is 0 Å². The summed E-state index contributed by atoms with van der Waals surface area (Å²) in [6.07, 6.45) is 5.18. The SMILES string of the molecule is CCC(C)SCC(O)Cc1cccnc1. The fourth-order valence-corrected chi connectivity index (χ4v) is 2.15. The van der Waals surface area contributed by atoms with Gasteiger partial charge in [-0.1, -0.05) is 19.9 Å². The van der Waals surface area contributed by atoms with E-state index in [1.807, 2.05) is 30.1 Å². The van der Waals surface area contributed by atoms with E-state index in [0.717, 1.165) is 17.7 Å². The van der Waals surface area contributed by atoms with Gasteiger partial charge in [0, 0.05) is 29.8 Å². The number of pyridine rings is 1. The van der Waals surface area contributed by atoms with Crippen molar-refractivity contribution in [3.8, 4) is 0 Å². The highest BCUT2D eigenvalue weighted by molar-refractivity contribution is 7.99. The second kappa shape index (κ2) is 6.85. The van der Waals surface area contributed by atoms with Gasteiger partial charge in [-0.3, -0.25) is 4.98 Å². The molecule has 1 N–H and O–H groups in total. The standard InChI is InChI=1S/C12H19NOS/c1-3-10(2)15-9-12(14)7-11-5-4-6-13-8-11/h4-6,8,10,12,14H,3,7,9H2,1-2H3. The summed E-state index contributed by atoms with van der Waals surface area (Å²) in [5.41, 5.74) is 1.11. The lowest BCUT2D eigenvalue weighted by atomic mass is 10.1. The minimum atomic E-state index is -0.256. The second-order valence-corrected chi connectivity index (χ2v) is 5.24. The number of thioether (sulfide) groups is 1. The maximum absolute atomic E-state index is 9.80. The molecule has 1 aromatic rings. The second-order valence-electron chi connectivity index (χ2n) is 3.77. The Hall–Kier alpha value is -0.540. The highest BCUT2D eigenvalue weighted by Crippen LogP contribution is 2.16. The molecule has 2 unspecified atom stereocenters. The summed E-state index contributed by atoms with van der Waals surface area (Å²) < 4.78 is 0. The molecule has 1 heterocycles. The van der Waals surface area contributed by atoms with E-state index in [9.17, 15) is 5.11 Å². The van der Waals surface area contributed by atoms with Crippen LogP contribution < -0.4 is 0 Å². The molecule has 1 aromatic heterocycles. The average molecular weight is 225 g/mol. The summed E-state index contributed by atoms with van der Waals surface area (Å²) in [7, 11) is 0. The lowest BCUT2D eigenvalue weighted by molar-refractivity contribution is 0.200. The van der Waals surface area contributed by atoms with Crippen molar-refractivity contribution in [3.05, 3.63) is 30.1 Å². The van der Waals surface area contributed by atoms with Gasteiger partial charge in [0.05, 0.1) is 6.10 Å². The lowest BCUT2D eigenvalue weighted by Gasteiger charge is -2.13. The molecule has 0 saturated carbocycles. The molecule has 0 bridgehead atoms. The normalized spacial score (nSPS) is 14.9. The molecule has 0 fully saturated rings. The van der Waals surface area contributed by atoms with Gasteiger partial charge in [-0.05, 0) is 18.1 Å². The van der Waals surface area contributed by atoms with Gasteiger partial charge < -0.3 is 5.11 Å². The number of hydrogen-bond donors (Lipinski definition) is 1. The van der Waals surface area contributed by atoms with Gasteiger partial charge in [-0.15, -0.1) is 0 Å². The predicted molar refractivity (Wildman–Crippen MR) is 66.2 cm³/mol. The molecule has 84 valence electrons. The summed E-state index contributed by atoms with van der Waals surface area (Å²) in [5, 5.41) is 10.4. The van der Waals surface area contributed by atoms with Crippen LogP contribution in [0, 0.1) is 0 Å². The maximum Gasteiger partial charge on any atom is 0.0671 e. The quantitative estimate of drug-likeness (QED) is 0.807. The third kappa shape index (κ3) is 5.19. The van der Waals surface area contributed by atoms with Crippen LogP contribution in [-0.2, 0) is 6.42 Å². The van der Waals surface area contributed by atoms with E-state index >= 15 is 0 Å². The van der Waals surface area contributed by atoms with Crippen molar-refractivity contribution in [2.75, 3.05) is 5.75 Å². The molecule has 0 aliphatic carbocycles. The third-order valence-corrected chi connectivity index (χ3v) is 3.82. The smallest absolute Gasteiger partial charge is 0.0671 e. The molecule has 1 rings (SSSR count). The van der Waals surface area contributed by atoms with Crippen molar-refractivity contribution in [2.24, 2.45) is 0 Å². The van der Waals surface area contributed by atoms with E-state index in [0.29, 0.717) is 11.7 Å². The van der Waals surface area contributed by atoms with E-state index in [2.05, 4.69) is 18.8 Å². The number of rotatable bonds is 6. The summed E-state index contributed by atoms with van der Waals surface area (Å²) in [4.78, 5) is 4.03. The molecule has 0 aliphatic rings. The molecule has 0 amide bonds. The molecule has 2 atom stereocenters. The van der Waals surface area contributed by atoms with E-state index in [1.54, 1.807) is 6.20 Å². The number of hydrogen-bond acceptors (Lipinski definition) is 3. The number of aliphatic hydroxyl groups is 1. The molecule has 0 radical (unpaired) electrons. The van der Waals surface area contributed by atoms with Crippen molar-refractivity contribution >= 4 is 11.8 Å². The van der Waals surface area contributed by atoms with Crippen molar-refractivity contribution in [1.29, 1.82) is 0 Å². The first-order valence-corrected chi connectivity index (χ1v) is 6.45. The highest BCUT2D eigenvalue weighted by atomic mass is 32.2. The van der Waals surface area contributed by atoms with Gasteiger partial charge in [0.2, 0.25) is 0 Å². The summed E-state index contributed by atoms with van der Waals surface area (Å²) in [5.74, 6) is 0.809. The van der Waals surface area contributed by atoms with Crippen LogP contribution in [0.1, 0.15) is 25.8 Å². The van der Waals surface area contributed by atoms with Gasteiger partial charge in [0.25, 0.3) is 0 Å². The Balaban J connectivity index is 2.27. The zero-order valence-electron chi connectivity index (χ0n) is 9.39.